The molecule has 3 nitrogen and oxygen atoms in total. The van der Waals surface area contributed by atoms with Gasteiger partial charge in [-0.3, -0.25) is 0 Å². The van der Waals surface area contributed by atoms with Crippen LogP contribution in [-0.4, -0.2) is 23.6 Å². The Morgan fingerprint density at radius 2 is 2.31 bits per heavy atom. The van der Waals surface area contributed by atoms with E-state index < -0.39 is 0 Å². The van der Waals surface area contributed by atoms with E-state index >= 15 is 0 Å². The van der Waals surface area contributed by atoms with Gasteiger partial charge >= 0.3 is 5.97 Å². The molecule has 16 heavy (non-hydrogen) atoms. The molecule has 0 aliphatic carbocycles. The van der Waals surface area contributed by atoms with Gasteiger partial charge in [-0.15, -0.1) is 0 Å². The minimum absolute atomic E-state index is 0.319. The number of thioether (sulfide) groups is 1. The van der Waals surface area contributed by atoms with Crippen molar-refractivity contribution in [3.8, 4) is 0 Å². The Morgan fingerprint density at radius 1 is 1.56 bits per heavy atom. The fraction of sp³-hybridized carbons (Fsp3) is 0.417. The molecule has 1 aromatic rings. The van der Waals surface area contributed by atoms with Crippen molar-refractivity contribution in [3.05, 3.63) is 28.8 Å². The molecular formula is C12H14O3S. The van der Waals surface area contributed by atoms with Gasteiger partial charge in [-0.25, -0.2) is 4.79 Å². The van der Waals surface area contributed by atoms with E-state index in [4.69, 9.17) is 4.74 Å². The molecule has 0 saturated carbocycles. The highest BCUT2D eigenvalue weighted by atomic mass is 32.2. The Kier molecular flexibility index (Phi) is 3.21. The molecule has 1 atom stereocenters. The van der Waals surface area contributed by atoms with E-state index in [2.05, 4.69) is 0 Å². The molecule has 86 valence electrons. The number of aliphatic hydroxyl groups excluding tert-OH is 1. The summed E-state index contributed by atoms with van der Waals surface area (Å²) >= 11 is 1.43. The first-order valence-electron chi connectivity index (χ1n) is 5.19. The van der Waals surface area contributed by atoms with Crippen LogP contribution in [0, 0.1) is 6.92 Å². The number of carbonyl (C=O) groups excluding carboxylic acids is 1. The summed E-state index contributed by atoms with van der Waals surface area (Å²) in [5, 5.41) is 9.61. The SMILES string of the molecule is COC(=O)c1ccc2c(c1C)SC(O)CC2. The van der Waals surface area contributed by atoms with Gasteiger partial charge in [0.25, 0.3) is 0 Å². The molecule has 4 heteroatoms. The molecule has 0 amide bonds. The normalized spacial score (nSPS) is 19.1. The molecule has 0 bridgehead atoms. The standard InChI is InChI=1S/C12H14O3S/c1-7-9(12(14)15-2)5-3-8-4-6-10(13)16-11(7)8/h3,5,10,13H,4,6H2,1-2H3. The molecule has 0 fully saturated rings. The molecule has 0 radical (unpaired) electrons. The number of aryl methyl sites for hydroxylation is 1. The topological polar surface area (TPSA) is 46.5 Å². The summed E-state index contributed by atoms with van der Waals surface area (Å²) in [4.78, 5) is 12.5. The quantitative estimate of drug-likeness (QED) is 0.761. The van der Waals surface area contributed by atoms with Crippen molar-refractivity contribution < 1.29 is 14.6 Å². The van der Waals surface area contributed by atoms with Gasteiger partial charge < -0.3 is 9.84 Å². The van der Waals surface area contributed by atoms with Crippen LogP contribution in [0.4, 0.5) is 0 Å². The van der Waals surface area contributed by atoms with Gasteiger partial charge in [0.2, 0.25) is 0 Å². The molecular weight excluding hydrogens is 224 g/mol. The Balaban J connectivity index is 2.46. The Labute approximate surface area is 98.8 Å². The van der Waals surface area contributed by atoms with Gasteiger partial charge in [0.05, 0.1) is 12.7 Å². The number of hydrogen-bond acceptors (Lipinski definition) is 4. The van der Waals surface area contributed by atoms with E-state index in [0.29, 0.717) is 5.56 Å². The zero-order valence-electron chi connectivity index (χ0n) is 9.32. The summed E-state index contributed by atoms with van der Waals surface area (Å²) in [6, 6.07) is 3.76. The summed E-state index contributed by atoms with van der Waals surface area (Å²) in [7, 11) is 1.38. The second-order valence-corrected chi connectivity index (χ2v) is 5.02. The van der Waals surface area contributed by atoms with Gasteiger partial charge in [-0.1, -0.05) is 17.8 Å². The average Bonchev–Trinajstić information content (AvgIpc) is 2.29. The lowest BCUT2D eigenvalue weighted by atomic mass is 10.0. The average molecular weight is 238 g/mol. The Morgan fingerprint density at radius 3 is 3.00 bits per heavy atom. The third kappa shape index (κ3) is 1.95. The first kappa shape index (κ1) is 11.5. The summed E-state index contributed by atoms with van der Waals surface area (Å²) in [5.74, 6) is -0.319. The van der Waals surface area contributed by atoms with Gasteiger partial charge in [0.1, 0.15) is 5.44 Å². The van der Waals surface area contributed by atoms with Crippen molar-refractivity contribution in [2.45, 2.75) is 30.1 Å². The van der Waals surface area contributed by atoms with E-state index in [1.54, 1.807) is 6.07 Å². The van der Waals surface area contributed by atoms with Crippen molar-refractivity contribution in [2.75, 3.05) is 7.11 Å². The second-order valence-electron chi connectivity index (χ2n) is 3.83. The molecule has 1 aliphatic rings. The largest absolute Gasteiger partial charge is 0.465 e. The van der Waals surface area contributed by atoms with Crippen molar-refractivity contribution in [1.29, 1.82) is 0 Å². The predicted molar refractivity (Wildman–Crippen MR) is 62.7 cm³/mol. The lowest BCUT2D eigenvalue weighted by Crippen LogP contribution is -2.13. The smallest absolute Gasteiger partial charge is 0.338 e. The van der Waals surface area contributed by atoms with E-state index in [0.717, 1.165) is 23.3 Å². The second kappa shape index (κ2) is 4.47. The Bertz CT molecular complexity index is 429. The molecule has 1 N–H and O–H groups in total. The minimum Gasteiger partial charge on any atom is -0.465 e. The van der Waals surface area contributed by atoms with E-state index in [9.17, 15) is 9.90 Å². The van der Waals surface area contributed by atoms with Crippen molar-refractivity contribution in [3.63, 3.8) is 0 Å². The molecule has 0 aromatic heterocycles. The highest BCUT2D eigenvalue weighted by Crippen LogP contribution is 2.37. The van der Waals surface area contributed by atoms with Crippen LogP contribution in [0.25, 0.3) is 0 Å². The van der Waals surface area contributed by atoms with Gasteiger partial charge in [0, 0.05) is 4.90 Å². The first-order valence-corrected chi connectivity index (χ1v) is 6.07. The van der Waals surface area contributed by atoms with E-state index in [1.165, 1.54) is 24.4 Å². The van der Waals surface area contributed by atoms with Crippen LogP contribution in [0.3, 0.4) is 0 Å². The molecule has 2 rings (SSSR count). The summed E-state index contributed by atoms with van der Waals surface area (Å²) in [6.45, 7) is 1.90. The van der Waals surface area contributed by atoms with Crippen molar-refractivity contribution >= 4 is 17.7 Å². The number of methoxy groups -OCH3 is 1. The third-order valence-corrected chi connectivity index (χ3v) is 4.12. The molecule has 1 aromatic carbocycles. The van der Waals surface area contributed by atoms with Crippen LogP contribution in [0.5, 0.6) is 0 Å². The van der Waals surface area contributed by atoms with Crippen LogP contribution in [0.15, 0.2) is 17.0 Å². The first-order chi connectivity index (χ1) is 7.63. The van der Waals surface area contributed by atoms with Crippen LogP contribution >= 0.6 is 11.8 Å². The van der Waals surface area contributed by atoms with Gasteiger partial charge in [0.15, 0.2) is 0 Å². The number of aliphatic hydroxyl groups is 1. The minimum atomic E-state index is -0.362. The monoisotopic (exact) mass is 238 g/mol. The van der Waals surface area contributed by atoms with Crippen molar-refractivity contribution in [2.24, 2.45) is 0 Å². The zero-order chi connectivity index (χ0) is 11.7. The maximum absolute atomic E-state index is 11.5. The Hall–Kier alpha value is -1.00. The zero-order valence-corrected chi connectivity index (χ0v) is 10.1. The number of fused-ring (bicyclic) bond motifs is 1. The third-order valence-electron chi connectivity index (χ3n) is 2.81. The van der Waals surface area contributed by atoms with Crippen LogP contribution in [0.2, 0.25) is 0 Å². The molecule has 1 aliphatic heterocycles. The fourth-order valence-electron chi connectivity index (χ4n) is 1.91. The van der Waals surface area contributed by atoms with E-state index in [-0.39, 0.29) is 11.4 Å². The van der Waals surface area contributed by atoms with Crippen LogP contribution in [0.1, 0.15) is 27.9 Å². The maximum Gasteiger partial charge on any atom is 0.338 e. The maximum atomic E-state index is 11.5. The van der Waals surface area contributed by atoms with Crippen molar-refractivity contribution in [1.82, 2.24) is 0 Å². The highest BCUT2D eigenvalue weighted by Gasteiger charge is 2.22. The lowest BCUT2D eigenvalue weighted by molar-refractivity contribution is 0.0599. The molecule has 0 spiro atoms. The number of ether oxygens (including phenoxy) is 1. The number of rotatable bonds is 1. The summed E-state index contributed by atoms with van der Waals surface area (Å²) in [5.41, 5.74) is 2.34. The van der Waals surface area contributed by atoms with E-state index in [1.807, 2.05) is 13.0 Å². The molecule has 1 unspecified atom stereocenters. The van der Waals surface area contributed by atoms with Gasteiger partial charge in [-0.2, -0.15) is 0 Å². The number of carbonyl (C=O) groups is 1. The molecule has 0 saturated heterocycles. The molecule has 1 heterocycles. The van der Waals surface area contributed by atoms with Crippen LogP contribution < -0.4 is 0 Å². The summed E-state index contributed by atoms with van der Waals surface area (Å²) in [6.07, 6.45) is 1.64. The number of esters is 1. The highest BCUT2D eigenvalue weighted by molar-refractivity contribution is 7.99. The van der Waals surface area contributed by atoms with Gasteiger partial charge in [-0.05, 0) is 37.0 Å². The lowest BCUT2D eigenvalue weighted by Gasteiger charge is -2.22. The number of hydrogen-bond donors (Lipinski definition) is 1. The fourth-order valence-corrected chi connectivity index (χ4v) is 3.03. The number of benzene rings is 1. The summed E-state index contributed by atoms with van der Waals surface area (Å²) < 4.78 is 4.72. The predicted octanol–water partition coefficient (Wildman–Crippen LogP) is 2.14. The van der Waals surface area contributed by atoms with Crippen LogP contribution in [-0.2, 0) is 11.2 Å².